The molecule has 1 aliphatic heterocycles. The van der Waals surface area contributed by atoms with Gasteiger partial charge in [-0.3, -0.25) is 14.5 Å². The molecule has 0 atom stereocenters. The predicted molar refractivity (Wildman–Crippen MR) is 136 cm³/mol. The summed E-state index contributed by atoms with van der Waals surface area (Å²) in [4.78, 5) is 30.4. The lowest BCUT2D eigenvalue weighted by Gasteiger charge is -2.34. The van der Waals surface area contributed by atoms with Crippen LogP contribution in [0.3, 0.4) is 0 Å². The molecule has 1 N–H and O–H groups in total. The summed E-state index contributed by atoms with van der Waals surface area (Å²) in [6, 6.07) is 22.0. The fourth-order valence-corrected chi connectivity index (χ4v) is 4.45. The molecule has 0 aliphatic carbocycles. The Labute approximate surface area is 201 Å². The van der Waals surface area contributed by atoms with Crippen LogP contribution in [0, 0.1) is 6.92 Å². The van der Waals surface area contributed by atoms with E-state index in [0.29, 0.717) is 13.1 Å². The Morgan fingerprint density at radius 2 is 1.59 bits per heavy atom. The van der Waals surface area contributed by atoms with Gasteiger partial charge in [-0.15, -0.1) is 0 Å². The first-order valence-corrected chi connectivity index (χ1v) is 12.1. The SMILES string of the molecule is Cc1cccc(Cn2cccc(C(=O)NCCCN3CCN(Cc4ccccc4)CC3)c2=O)c1. The molecule has 0 spiro atoms. The van der Waals surface area contributed by atoms with E-state index >= 15 is 0 Å². The standard InChI is InChI=1S/C28H34N4O2/c1-23-8-5-11-25(20-23)22-32-15-6-12-26(28(32)34)27(33)29-13-7-14-30-16-18-31(19-17-30)21-24-9-3-2-4-10-24/h2-6,8-12,15,20H,7,13-14,16-19,21-22H2,1H3,(H,29,33). The van der Waals surface area contributed by atoms with E-state index in [0.717, 1.165) is 56.8 Å². The van der Waals surface area contributed by atoms with E-state index in [4.69, 9.17) is 0 Å². The van der Waals surface area contributed by atoms with Gasteiger partial charge < -0.3 is 14.8 Å². The number of carbonyl (C=O) groups is 1. The summed E-state index contributed by atoms with van der Waals surface area (Å²) in [5.74, 6) is -0.295. The molecule has 1 amide bonds. The number of hydrogen-bond donors (Lipinski definition) is 1. The molecule has 2 heterocycles. The molecule has 3 aromatic rings. The van der Waals surface area contributed by atoms with Gasteiger partial charge in [0.05, 0.1) is 6.54 Å². The third-order valence-corrected chi connectivity index (χ3v) is 6.35. The van der Waals surface area contributed by atoms with Crippen LogP contribution in [-0.2, 0) is 13.1 Å². The van der Waals surface area contributed by atoms with Gasteiger partial charge in [-0.05, 0) is 43.1 Å². The number of nitrogens with zero attached hydrogens (tertiary/aromatic N) is 3. The highest BCUT2D eigenvalue weighted by atomic mass is 16.2. The number of aromatic nitrogens is 1. The Hall–Kier alpha value is -3.22. The van der Waals surface area contributed by atoms with Crippen LogP contribution in [0.1, 0.15) is 33.5 Å². The molecule has 1 aromatic heterocycles. The highest BCUT2D eigenvalue weighted by Gasteiger charge is 2.17. The van der Waals surface area contributed by atoms with Crippen LogP contribution in [-0.4, -0.2) is 59.5 Å². The summed E-state index contributed by atoms with van der Waals surface area (Å²) in [7, 11) is 0. The second-order valence-corrected chi connectivity index (χ2v) is 9.06. The summed E-state index contributed by atoms with van der Waals surface area (Å²) in [5, 5.41) is 2.93. The van der Waals surface area contributed by atoms with Gasteiger partial charge in [-0.25, -0.2) is 0 Å². The van der Waals surface area contributed by atoms with Crippen molar-refractivity contribution in [2.75, 3.05) is 39.3 Å². The lowest BCUT2D eigenvalue weighted by molar-refractivity contribution is 0.0945. The third kappa shape index (κ3) is 6.65. The minimum absolute atomic E-state index is 0.199. The van der Waals surface area contributed by atoms with Gasteiger partial charge >= 0.3 is 0 Å². The third-order valence-electron chi connectivity index (χ3n) is 6.35. The molecule has 6 heteroatoms. The smallest absolute Gasteiger partial charge is 0.263 e. The van der Waals surface area contributed by atoms with Gasteiger partial charge in [0.2, 0.25) is 0 Å². The Kier molecular flexibility index (Phi) is 8.28. The van der Waals surface area contributed by atoms with Gasteiger partial charge in [0.15, 0.2) is 0 Å². The van der Waals surface area contributed by atoms with Crippen LogP contribution >= 0.6 is 0 Å². The molecule has 0 unspecified atom stereocenters. The van der Waals surface area contributed by atoms with E-state index in [2.05, 4.69) is 51.5 Å². The van der Waals surface area contributed by atoms with E-state index in [1.165, 1.54) is 5.56 Å². The number of nitrogens with one attached hydrogen (secondary N) is 1. The van der Waals surface area contributed by atoms with Crippen LogP contribution in [0.2, 0.25) is 0 Å². The molecule has 1 aliphatic rings. The van der Waals surface area contributed by atoms with Crippen LogP contribution in [0.5, 0.6) is 0 Å². The maximum Gasteiger partial charge on any atom is 0.263 e. The van der Waals surface area contributed by atoms with Gasteiger partial charge in [0.1, 0.15) is 5.56 Å². The number of piperazine rings is 1. The summed E-state index contributed by atoms with van der Waals surface area (Å²) in [6.07, 6.45) is 2.60. The Balaban J connectivity index is 1.20. The summed E-state index contributed by atoms with van der Waals surface area (Å²) >= 11 is 0. The van der Waals surface area contributed by atoms with Crippen LogP contribution in [0.25, 0.3) is 0 Å². The molecule has 34 heavy (non-hydrogen) atoms. The monoisotopic (exact) mass is 458 g/mol. The van der Waals surface area contributed by atoms with Crippen molar-refractivity contribution in [3.63, 3.8) is 0 Å². The molecular weight excluding hydrogens is 424 g/mol. The highest BCUT2D eigenvalue weighted by Crippen LogP contribution is 2.09. The van der Waals surface area contributed by atoms with E-state index in [9.17, 15) is 9.59 Å². The molecule has 178 valence electrons. The molecular formula is C28H34N4O2. The van der Waals surface area contributed by atoms with Crippen LogP contribution in [0.15, 0.2) is 77.7 Å². The van der Waals surface area contributed by atoms with E-state index in [1.54, 1.807) is 22.9 Å². The Morgan fingerprint density at radius 3 is 2.35 bits per heavy atom. The maximum absolute atomic E-state index is 12.8. The Bertz CT molecular complexity index is 1130. The first-order chi connectivity index (χ1) is 16.6. The topological polar surface area (TPSA) is 57.6 Å². The first-order valence-electron chi connectivity index (χ1n) is 12.1. The number of rotatable bonds is 9. The molecule has 1 fully saturated rings. The predicted octanol–water partition coefficient (Wildman–Crippen LogP) is 3.14. The highest BCUT2D eigenvalue weighted by molar-refractivity contribution is 5.93. The zero-order chi connectivity index (χ0) is 23.8. The second-order valence-electron chi connectivity index (χ2n) is 9.06. The Morgan fingerprint density at radius 1 is 0.853 bits per heavy atom. The zero-order valence-electron chi connectivity index (χ0n) is 20.0. The number of aryl methyl sites for hydroxylation is 1. The summed E-state index contributed by atoms with van der Waals surface area (Å²) in [6.45, 7) is 9.22. The molecule has 1 saturated heterocycles. The number of amides is 1. The number of carbonyl (C=O) groups excluding carboxylic acids is 1. The largest absolute Gasteiger partial charge is 0.352 e. The van der Waals surface area contributed by atoms with Gasteiger partial charge in [0.25, 0.3) is 11.5 Å². The van der Waals surface area contributed by atoms with Crippen molar-refractivity contribution in [1.82, 2.24) is 19.7 Å². The van der Waals surface area contributed by atoms with Crippen molar-refractivity contribution in [3.05, 3.63) is 106 Å². The lowest BCUT2D eigenvalue weighted by Crippen LogP contribution is -2.46. The van der Waals surface area contributed by atoms with Crippen molar-refractivity contribution in [2.24, 2.45) is 0 Å². The number of hydrogen-bond acceptors (Lipinski definition) is 4. The van der Waals surface area contributed by atoms with Gasteiger partial charge in [-0.1, -0.05) is 60.2 Å². The van der Waals surface area contributed by atoms with Gasteiger partial charge in [-0.2, -0.15) is 0 Å². The summed E-state index contributed by atoms with van der Waals surface area (Å²) < 4.78 is 1.60. The minimum Gasteiger partial charge on any atom is -0.352 e. The fraction of sp³-hybridized carbons (Fsp3) is 0.357. The number of benzene rings is 2. The van der Waals surface area contributed by atoms with Gasteiger partial charge in [0, 0.05) is 45.5 Å². The zero-order valence-corrected chi connectivity index (χ0v) is 20.0. The lowest BCUT2D eigenvalue weighted by atomic mass is 10.1. The normalized spacial score (nSPS) is 14.7. The number of pyridine rings is 1. The maximum atomic E-state index is 12.8. The van der Waals surface area contributed by atoms with Crippen molar-refractivity contribution >= 4 is 5.91 Å². The fourth-order valence-electron chi connectivity index (χ4n) is 4.45. The second kappa shape index (κ2) is 11.8. The minimum atomic E-state index is -0.295. The van der Waals surface area contributed by atoms with Crippen molar-refractivity contribution < 1.29 is 4.79 Å². The molecule has 2 aromatic carbocycles. The van der Waals surface area contributed by atoms with Crippen molar-refractivity contribution in [3.8, 4) is 0 Å². The molecule has 0 radical (unpaired) electrons. The average molecular weight is 459 g/mol. The van der Waals surface area contributed by atoms with Crippen LogP contribution < -0.4 is 10.9 Å². The van der Waals surface area contributed by atoms with Crippen LogP contribution in [0.4, 0.5) is 0 Å². The molecule has 6 nitrogen and oxygen atoms in total. The van der Waals surface area contributed by atoms with Crippen molar-refractivity contribution in [2.45, 2.75) is 26.4 Å². The average Bonchev–Trinajstić information content (AvgIpc) is 2.85. The van der Waals surface area contributed by atoms with E-state index in [1.807, 2.05) is 25.1 Å². The molecule has 0 saturated carbocycles. The van der Waals surface area contributed by atoms with E-state index < -0.39 is 0 Å². The van der Waals surface area contributed by atoms with E-state index in [-0.39, 0.29) is 17.0 Å². The van der Waals surface area contributed by atoms with Crippen molar-refractivity contribution in [1.29, 1.82) is 0 Å². The first kappa shape index (κ1) is 23.9. The quantitative estimate of drug-likeness (QED) is 0.501. The summed E-state index contributed by atoms with van der Waals surface area (Å²) in [5.41, 5.74) is 3.50. The molecule has 0 bridgehead atoms. The molecule has 4 rings (SSSR count).